The zero-order chi connectivity index (χ0) is 17.0. The van der Waals surface area contributed by atoms with Gasteiger partial charge in [-0.15, -0.1) is 0 Å². The molecule has 1 aliphatic carbocycles. The number of benzene rings is 1. The van der Waals surface area contributed by atoms with Gasteiger partial charge in [0.25, 0.3) is 0 Å². The van der Waals surface area contributed by atoms with E-state index in [-0.39, 0.29) is 29.7 Å². The maximum atomic E-state index is 12.4. The first-order chi connectivity index (χ1) is 10.9. The van der Waals surface area contributed by atoms with E-state index in [0.717, 1.165) is 12.8 Å². The van der Waals surface area contributed by atoms with Gasteiger partial charge < -0.3 is 10.6 Å². The molecule has 1 aromatic carbocycles. The Morgan fingerprint density at radius 3 is 2.17 bits per heavy atom. The Hall–Kier alpha value is -1.26. The first kappa shape index (κ1) is 18.1. The van der Waals surface area contributed by atoms with Crippen LogP contribution in [0.1, 0.15) is 39.5 Å². The molecule has 126 valence electrons. The summed E-state index contributed by atoms with van der Waals surface area (Å²) >= 11 is 12.0. The highest BCUT2D eigenvalue weighted by Gasteiger charge is 2.30. The first-order valence-corrected chi connectivity index (χ1v) is 8.69. The third kappa shape index (κ3) is 4.85. The van der Waals surface area contributed by atoms with E-state index in [1.54, 1.807) is 18.2 Å². The molecule has 0 heterocycles. The zero-order valence-corrected chi connectivity index (χ0v) is 14.9. The van der Waals surface area contributed by atoms with E-state index in [2.05, 4.69) is 10.6 Å². The predicted molar refractivity (Wildman–Crippen MR) is 93.8 cm³/mol. The topological polar surface area (TPSA) is 58.2 Å². The number of amides is 2. The molecule has 0 unspecified atom stereocenters. The molecule has 0 aliphatic heterocycles. The molecule has 23 heavy (non-hydrogen) atoms. The molecular formula is C17H22Cl2N2O2. The smallest absolute Gasteiger partial charge is 0.227 e. The number of hydrogen-bond donors (Lipinski definition) is 2. The van der Waals surface area contributed by atoms with E-state index in [1.807, 2.05) is 13.8 Å². The van der Waals surface area contributed by atoms with Gasteiger partial charge in [-0.1, -0.05) is 29.3 Å². The van der Waals surface area contributed by atoms with E-state index in [0.29, 0.717) is 28.6 Å². The van der Waals surface area contributed by atoms with Crippen LogP contribution in [0, 0.1) is 11.8 Å². The Labute approximate surface area is 146 Å². The standard InChI is InChI=1S/C17H22Cl2N2O2/c1-10(2)20-16(22)11-6-8-12(9-7-11)17(23)21-14-5-3-4-13(18)15(14)19/h3-5,10-12H,6-9H2,1-2H3,(H,20,22)(H,21,23). The van der Waals surface area contributed by atoms with Gasteiger partial charge in [-0.05, 0) is 51.7 Å². The zero-order valence-electron chi connectivity index (χ0n) is 13.4. The summed E-state index contributed by atoms with van der Waals surface area (Å²) in [4.78, 5) is 24.4. The summed E-state index contributed by atoms with van der Waals surface area (Å²) in [6.07, 6.45) is 2.89. The molecule has 2 rings (SSSR count). The minimum Gasteiger partial charge on any atom is -0.354 e. The highest BCUT2D eigenvalue weighted by molar-refractivity contribution is 6.44. The van der Waals surface area contributed by atoms with Gasteiger partial charge in [-0.25, -0.2) is 0 Å². The van der Waals surface area contributed by atoms with E-state index >= 15 is 0 Å². The highest BCUT2D eigenvalue weighted by Crippen LogP contribution is 2.33. The van der Waals surface area contributed by atoms with Gasteiger partial charge in [-0.3, -0.25) is 9.59 Å². The van der Waals surface area contributed by atoms with Crippen LogP contribution in [0.4, 0.5) is 5.69 Å². The Bertz CT molecular complexity index is 582. The highest BCUT2D eigenvalue weighted by atomic mass is 35.5. The second kappa shape index (κ2) is 8.02. The molecule has 1 saturated carbocycles. The van der Waals surface area contributed by atoms with Crippen LogP contribution in [0.25, 0.3) is 0 Å². The summed E-state index contributed by atoms with van der Waals surface area (Å²) in [5.41, 5.74) is 0.531. The van der Waals surface area contributed by atoms with Crippen molar-refractivity contribution in [1.82, 2.24) is 5.32 Å². The van der Waals surface area contributed by atoms with Crippen LogP contribution in [0.2, 0.25) is 10.0 Å². The average molecular weight is 357 g/mol. The molecule has 1 aromatic rings. The van der Waals surface area contributed by atoms with Gasteiger partial charge in [-0.2, -0.15) is 0 Å². The number of anilines is 1. The second-order valence-corrected chi connectivity index (χ2v) is 7.09. The number of nitrogens with one attached hydrogen (secondary N) is 2. The van der Waals surface area contributed by atoms with Crippen molar-refractivity contribution in [1.29, 1.82) is 0 Å². The summed E-state index contributed by atoms with van der Waals surface area (Å²) in [6.45, 7) is 3.90. The van der Waals surface area contributed by atoms with Gasteiger partial charge in [0.2, 0.25) is 11.8 Å². The number of carbonyl (C=O) groups is 2. The predicted octanol–water partition coefficient (Wildman–Crippen LogP) is 4.26. The molecule has 2 amide bonds. The molecule has 2 N–H and O–H groups in total. The lowest BCUT2D eigenvalue weighted by Crippen LogP contribution is -2.38. The number of carbonyl (C=O) groups excluding carboxylic acids is 2. The fourth-order valence-corrected chi connectivity index (χ4v) is 3.20. The Morgan fingerprint density at radius 2 is 1.61 bits per heavy atom. The molecule has 1 fully saturated rings. The van der Waals surface area contributed by atoms with Crippen molar-refractivity contribution in [2.75, 3.05) is 5.32 Å². The van der Waals surface area contributed by atoms with Crippen LogP contribution in [0.15, 0.2) is 18.2 Å². The van der Waals surface area contributed by atoms with Crippen LogP contribution in [-0.2, 0) is 9.59 Å². The van der Waals surface area contributed by atoms with Crippen molar-refractivity contribution >= 4 is 40.7 Å². The van der Waals surface area contributed by atoms with Gasteiger partial charge in [0.1, 0.15) is 0 Å². The van der Waals surface area contributed by atoms with Gasteiger partial charge in [0, 0.05) is 17.9 Å². The van der Waals surface area contributed by atoms with Crippen LogP contribution in [0.5, 0.6) is 0 Å². The first-order valence-electron chi connectivity index (χ1n) is 7.93. The van der Waals surface area contributed by atoms with Crippen molar-refractivity contribution in [2.45, 2.75) is 45.6 Å². The minimum absolute atomic E-state index is 0.0104. The second-order valence-electron chi connectivity index (χ2n) is 6.30. The van der Waals surface area contributed by atoms with Crippen LogP contribution in [-0.4, -0.2) is 17.9 Å². The molecule has 0 atom stereocenters. The van der Waals surface area contributed by atoms with Crippen LogP contribution >= 0.6 is 23.2 Å². The summed E-state index contributed by atoms with van der Waals surface area (Å²) in [5, 5.41) is 6.55. The Morgan fingerprint density at radius 1 is 1.04 bits per heavy atom. The summed E-state index contributed by atoms with van der Waals surface area (Å²) in [7, 11) is 0. The van der Waals surface area contributed by atoms with E-state index < -0.39 is 0 Å². The van der Waals surface area contributed by atoms with Crippen molar-refractivity contribution in [3.63, 3.8) is 0 Å². The lowest BCUT2D eigenvalue weighted by molar-refractivity contribution is -0.128. The largest absolute Gasteiger partial charge is 0.354 e. The fraction of sp³-hybridized carbons (Fsp3) is 0.529. The quantitative estimate of drug-likeness (QED) is 0.846. The maximum absolute atomic E-state index is 12.4. The molecule has 0 spiro atoms. The van der Waals surface area contributed by atoms with E-state index in [9.17, 15) is 9.59 Å². The summed E-state index contributed by atoms with van der Waals surface area (Å²) < 4.78 is 0. The van der Waals surface area contributed by atoms with E-state index in [4.69, 9.17) is 23.2 Å². The molecule has 0 radical (unpaired) electrons. The normalized spacial score (nSPS) is 21.1. The van der Waals surface area contributed by atoms with Gasteiger partial charge in [0.15, 0.2) is 0 Å². The molecule has 0 aromatic heterocycles. The van der Waals surface area contributed by atoms with Crippen molar-refractivity contribution in [2.24, 2.45) is 11.8 Å². The number of hydrogen-bond acceptors (Lipinski definition) is 2. The van der Waals surface area contributed by atoms with Crippen LogP contribution in [0.3, 0.4) is 0 Å². The molecule has 0 saturated heterocycles. The summed E-state index contributed by atoms with van der Waals surface area (Å²) in [6, 6.07) is 5.30. The lowest BCUT2D eigenvalue weighted by Gasteiger charge is -2.27. The number of rotatable bonds is 4. The third-order valence-corrected chi connectivity index (χ3v) is 4.93. The van der Waals surface area contributed by atoms with Crippen molar-refractivity contribution < 1.29 is 9.59 Å². The maximum Gasteiger partial charge on any atom is 0.227 e. The number of halogens is 2. The van der Waals surface area contributed by atoms with E-state index in [1.165, 1.54) is 0 Å². The van der Waals surface area contributed by atoms with Crippen molar-refractivity contribution in [3.8, 4) is 0 Å². The molecule has 1 aliphatic rings. The molecule has 6 heteroatoms. The van der Waals surface area contributed by atoms with Gasteiger partial charge >= 0.3 is 0 Å². The van der Waals surface area contributed by atoms with Gasteiger partial charge in [0.05, 0.1) is 15.7 Å². The lowest BCUT2D eigenvalue weighted by atomic mass is 9.81. The monoisotopic (exact) mass is 356 g/mol. The molecule has 4 nitrogen and oxygen atoms in total. The SMILES string of the molecule is CC(C)NC(=O)C1CCC(C(=O)Nc2cccc(Cl)c2Cl)CC1. The fourth-order valence-electron chi connectivity index (χ4n) is 2.86. The average Bonchev–Trinajstić information content (AvgIpc) is 2.51. The van der Waals surface area contributed by atoms with Crippen molar-refractivity contribution in [3.05, 3.63) is 28.2 Å². The molecule has 0 bridgehead atoms. The third-order valence-electron chi connectivity index (χ3n) is 4.11. The Kier molecular flexibility index (Phi) is 6.31. The Balaban J connectivity index is 1.89. The molecular weight excluding hydrogens is 335 g/mol. The van der Waals surface area contributed by atoms with Crippen LogP contribution < -0.4 is 10.6 Å². The summed E-state index contributed by atoms with van der Waals surface area (Å²) in [5.74, 6) is -0.0435. The minimum atomic E-state index is -0.0897.